The second kappa shape index (κ2) is 20.1. The van der Waals surface area contributed by atoms with Gasteiger partial charge in [-0.15, -0.1) is 0 Å². The summed E-state index contributed by atoms with van der Waals surface area (Å²) in [5.74, 6) is 2.13. The van der Waals surface area contributed by atoms with Crippen molar-refractivity contribution in [3.63, 3.8) is 0 Å². The van der Waals surface area contributed by atoms with Crippen LogP contribution >= 0.6 is 23.2 Å². The Morgan fingerprint density at radius 3 is 2.00 bits per heavy atom. The zero-order valence-electron chi connectivity index (χ0n) is 36.2. The van der Waals surface area contributed by atoms with Crippen LogP contribution in [0.1, 0.15) is 71.4 Å². The largest absolute Gasteiger partial charge is 0.376 e. The number of halogens is 2. The Hall–Kier alpha value is -4.58. The first-order valence-electron chi connectivity index (χ1n) is 22.2. The lowest BCUT2D eigenvalue weighted by atomic mass is 9.84. The van der Waals surface area contributed by atoms with E-state index in [1.165, 1.54) is 6.20 Å². The third-order valence-corrected chi connectivity index (χ3v) is 13.1. The number of pyridine rings is 2. The maximum absolute atomic E-state index is 13.0. The van der Waals surface area contributed by atoms with Gasteiger partial charge in [0.2, 0.25) is 23.7 Å². The first-order valence-corrected chi connectivity index (χ1v) is 22.9. The molecule has 18 heteroatoms. The number of nitrogens with one attached hydrogen (secondary N) is 6. The number of anilines is 4. The van der Waals surface area contributed by atoms with Gasteiger partial charge >= 0.3 is 0 Å². The van der Waals surface area contributed by atoms with Crippen LogP contribution in [-0.2, 0) is 25.5 Å². The van der Waals surface area contributed by atoms with Gasteiger partial charge in [0.25, 0.3) is 0 Å². The second-order valence-electron chi connectivity index (χ2n) is 18.2. The summed E-state index contributed by atoms with van der Waals surface area (Å²) in [6.07, 6.45) is 11.4. The summed E-state index contributed by atoms with van der Waals surface area (Å²) in [5.41, 5.74) is 2.63. The Kier molecular flexibility index (Phi) is 14.3. The van der Waals surface area contributed by atoms with E-state index in [4.69, 9.17) is 47.6 Å². The number of carbonyl (C=O) groups is 2. The van der Waals surface area contributed by atoms with E-state index in [1.54, 1.807) is 30.6 Å². The van der Waals surface area contributed by atoms with Crippen LogP contribution in [0.4, 0.5) is 23.5 Å². The fraction of sp³-hybridized carbons (Fsp3) is 0.556. The molecule has 4 aromatic heterocycles. The predicted molar refractivity (Wildman–Crippen MR) is 245 cm³/mol. The Labute approximate surface area is 378 Å². The third kappa shape index (κ3) is 12.0. The number of hydrogen-bond donors (Lipinski definition) is 6. The monoisotopic (exact) mass is 900 g/mol. The molecule has 4 aliphatic rings. The van der Waals surface area contributed by atoms with Crippen LogP contribution in [-0.4, -0.2) is 105 Å². The van der Waals surface area contributed by atoms with E-state index in [1.807, 2.05) is 6.07 Å². The molecule has 0 saturated carbocycles. The minimum Gasteiger partial charge on any atom is -0.376 e. The van der Waals surface area contributed by atoms with Crippen molar-refractivity contribution >= 4 is 58.5 Å². The van der Waals surface area contributed by atoms with Crippen LogP contribution in [0.5, 0.6) is 0 Å². The van der Waals surface area contributed by atoms with Gasteiger partial charge in [-0.05, 0) is 115 Å². The molecule has 0 aromatic carbocycles. The summed E-state index contributed by atoms with van der Waals surface area (Å²) in [4.78, 5) is 54.0. The maximum Gasteiger partial charge on any atom is 0.229 e. The molecule has 4 aliphatic heterocycles. The van der Waals surface area contributed by atoms with E-state index in [0.29, 0.717) is 108 Å². The lowest BCUT2D eigenvalue weighted by molar-refractivity contribution is -0.120. The molecule has 4 fully saturated rings. The molecule has 0 spiro atoms. The highest BCUT2D eigenvalue weighted by Crippen LogP contribution is 2.36. The van der Waals surface area contributed by atoms with Crippen LogP contribution in [0.25, 0.3) is 22.5 Å². The number of amides is 2. The minimum absolute atomic E-state index is 0.0604. The van der Waals surface area contributed by atoms with Crippen LogP contribution in [0, 0.1) is 23.7 Å². The third-order valence-electron chi connectivity index (χ3n) is 12.4. The number of rotatable bonds is 14. The van der Waals surface area contributed by atoms with E-state index < -0.39 is 5.60 Å². The average molecular weight is 902 g/mol. The molecule has 4 saturated heterocycles. The Morgan fingerprint density at radius 2 is 1.35 bits per heavy atom. The van der Waals surface area contributed by atoms with E-state index in [2.05, 4.69) is 67.6 Å². The normalized spacial score (nSPS) is 24.7. The van der Waals surface area contributed by atoms with Crippen molar-refractivity contribution in [2.75, 3.05) is 73.7 Å². The quantitative estimate of drug-likeness (QED) is 0.0787. The van der Waals surface area contributed by atoms with Gasteiger partial charge in [-0.1, -0.05) is 23.2 Å². The Morgan fingerprint density at radius 1 is 0.730 bits per heavy atom. The summed E-state index contributed by atoms with van der Waals surface area (Å²) in [6.45, 7) is 12.1. The van der Waals surface area contributed by atoms with Crippen LogP contribution in [0.3, 0.4) is 0 Å². The number of aromatic nitrogens is 6. The SMILES string of the molecule is CC1(C)CC(CNc2nc(CC3(C)CC(CNc4nccc(-c5cc(NC(=O)C6CCCNC6)ncc5Cl)n4)CCO3)cc(-c3cc(NC(=O)C4CCNC4)ncc3Cl)n2)CCO1. The lowest BCUT2D eigenvalue weighted by Crippen LogP contribution is -2.41. The maximum atomic E-state index is 13.0. The summed E-state index contributed by atoms with van der Waals surface area (Å²) in [6, 6.07) is 7.29. The molecule has 0 radical (unpaired) electrons. The zero-order valence-corrected chi connectivity index (χ0v) is 37.7. The summed E-state index contributed by atoms with van der Waals surface area (Å²) < 4.78 is 12.5. The molecule has 63 heavy (non-hydrogen) atoms. The number of hydrogen-bond acceptors (Lipinski definition) is 14. The lowest BCUT2D eigenvalue weighted by Gasteiger charge is -2.38. The van der Waals surface area contributed by atoms with Crippen LogP contribution in [0.15, 0.2) is 42.9 Å². The van der Waals surface area contributed by atoms with Crippen molar-refractivity contribution in [3.8, 4) is 22.5 Å². The van der Waals surface area contributed by atoms with Crippen molar-refractivity contribution < 1.29 is 19.1 Å². The van der Waals surface area contributed by atoms with Gasteiger partial charge < -0.3 is 41.4 Å². The Balaban J connectivity index is 0.959. The van der Waals surface area contributed by atoms with E-state index >= 15 is 0 Å². The summed E-state index contributed by atoms with van der Waals surface area (Å²) in [7, 11) is 0. The molecular formula is C45H58Cl2N12O4. The highest BCUT2D eigenvalue weighted by molar-refractivity contribution is 6.33. The first kappa shape index (κ1) is 45.0. The smallest absolute Gasteiger partial charge is 0.229 e. The molecule has 2 amide bonds. The van der Waals surface area contributed by atoms with Gasteiger partial charge in [-0.25, -0.2) is 29.9 Å². The fourth-order valence-electron chi connectivity index (χ4n) is 9.14. The molecule has 6 N–H and O–H groups in total. The van der Waals surface area contributed by atoms with Crippen molar-refractivity contribution in [2.45, 2.75) is 83.3 Å². The molecule has 336 valence electrons. The minimum atomic E-state index is -0.531. The molecule has 0 bridgehead atoms. The van der Waals surface area contributed by atoms with E-state index in [0.717, 1.165) is 63.7 Å². The van der Waals surface area contributed by atoms with Gasteiger partial charge in [-0.3, -0.25) is 9.59 Å². The molecule has 5 unspecified atom stereocenters. The van der Waals surface area contributed by atoms with E-state index in [-0.39, 0.29) is 35.2 Å². The highest BCUT2D eigenvalue weighted by Gasteiger charge is 2.35. The number of ether oxygens (including phenoxy) is 2. The fourth-order valence-corrected chi connectivity index (χ4v) is 9.54. The topological polar surface area (TPSA) is 202 Å². The molecule has 8 rings (SSSR count). The standard InChI is InChI=1S/C45H58Cl2N12O4/c1-44(2)18-27(8-13-62-44)21-54-43-55-31(15-37(57-43)33-17-39(52-26-35(33)47)59-41(61)30-6-11-49-24-30)20-45(3)19-28(9-14-63-45)22-53-42-50-12-7-36(56-42)32-16-38(51-25-34(32)46)58-40(60)29-5-4-10-48-23-29/h7,12,15-17,25-30,48-49H,4-6,8-11,13-14,18-24H2,1-3H3,(H,50,53,56)(H,51,58,60)(H,52,59,61)(H,54,55,57). The summed E-state index contributed by atoms with van der Waals surface area (Å²) in [5, 5.41) is 20.3. The molecule has 16 nitrogen and oxygen atoms in total. The van der Waals surface area contributed by atoms with Gasteiger partial charge in [0.05, 0.1) is 44.5 Å². The first-order chi connectivity index (χ1) is 30.4. The average Bonchev–Trinajstić information content (AvgIpc) is 3.82. The number of nitrogens with zero attached hydrogens (tertiary/aromatic N) is 6. The molecular weight excluding hydrogens is 843 g/mol. The zero-order chi connectivity index (χ0) is 44.0. The summed E-state index contributed by atoms with van der Waals surface area (Å²) >= 11 is 13.4. The molecule has 0 aliphatic carbocycles. The van der Waals surface area contributed by atoms with Crippen LogP contribution in [0.2, 0.25) is 10.0 Å². The van der Waals surface area contributed by atoms with Crippen molar-refractivity contribution in [3.05, 3.63) is 58.6 Å². The number of carbonyl (C=O) groups excluding carboxylic acids is 2. The molecule has 5 atom stereocenters. The highest BCUT2D eigenvalue weighted by atomic mass is 35.5. The molecule has 8 heterocycles. The Bertz CT molecular complexity index is 2260. The number of piperidine rings is 1. The van der Waals surface area contributed by atoms with Gasteiger partial charge in [-0.2, -0.15) is 0 Å². The van der Waals surface area contributed by atoms with Gasteiger partial charge in [0.15, 0.2) is 0 Å². The van der Waals surface area contributed by atoms with Crippen LogP contribution < -0.4 is 31.9 Å². The van der Waals surface area contributed by atoms with Crippen molar-refractivity contribution in [2.24, 2.45) is 23.7 Å². The predicted octanol–water partition coefficient (Wildman–Crippen LogP) is 6.64. The van der Waals surface area contributed by atoms with Crippen molar-refractivity contribution in [1.29, 1.82) is 0 Å². The van der Waals surface area contributed by atoms with Gasteiger partial charge in [0.1, 0.15) is 11.6 Å². The van der Waals surface area contributed by atoms with Crippen molar-refractivity contribution in [1.82, 2.24) is 40.5 Å². The van der Waals surface area contributed by atoms with Gasteiger partial charge in [0, 0.05) is 81.2 Å². The second-order valence-corrected chi connectivity index (χ2v) is 19.0. The van der Waals surface area contributed by atoms with E-state index in [9.17, 15) is 9.59 Å². The molecule has 4 aromatic rings.